The summed E-state index contributed by atoms with van der Waals surface area (Å²) in [5, 5.41) is 11.2. The van der Waals surface area contributed by atoms with Crippen LogP contribution in [-0.2, 0) is 13.0 Å². The van der Waals surface area contributed by atoms with Crippen molar-refractivity contribution in [1.29, 1.82) is 0 Å². The molecule has 1 atom stereocenters. The third-order valence-electron chi connectivity index (χ3n) is 3.81. The molecule has 0 bridgehead atoms. The van der Waals surface area contributed by atoms with Gasteiger partial charge in [0.1, 0.15) is 11.6 Å². The average Bonchev–Trinajstić information content (AvgIpc) is 2.70. The van der Waals surface area contributed by atoms with Crippen molar-refractivity contribution >= 4 is 5.91 Å². The first-order chi connectivity index (χ1) is 10.1. The number of carbonyl (C=O) groups is 1. The van der Waals surface area contributed by atoms with E-state index in [0.717, 1.165) is 37.5 Å². The lowest BCUT2D eigenvalue weighted by Crippen LogP contribution is -2.35. The van der Waals surface area contributed by atoms with E-state index in [1.54, 1.807) is 0 Å². The Bertz CT molecular complexity index is 698. The molecule has 0 radical (unpaired) electrons. The zero-order chi connectivity index (χ0) is 14.8. The van der Waals surface area contributed by atoms with Crippen LogP contribution in [0.2, 0.25) is 0 Å². The number of nitrogens with one attached hydrogen (secondary N) is 2. The van der Waals surface area contributed by atoms with E-state index < -0.39 is 0 Å². The molecule has 7 nitrogen and oxygen atoms in total. The zero-order valence-electron chi connectivity index (χ0n) is 11.8. The van der Waals surface area contributed by atoms with Crippen molar-refractivity contribution in [3.8, 4) is 0 Å². The van der Waals surface area contributed by atoms with Gasteiger partial charge in [0.25, 0.3) is 5.91 Å². The number of aromatic amines is 1. The summed E-state index contributed by atoms with van der Waals surface area (Å²) in [6, 6.07) is 2.99. The van der Waals surface area contributed by atoms with Crippen LogP contribution in [0.1, 0.15) is 34.8 Å². The van der Waals surface area contributed by atoms with Crippen LogP contribution in [-0.4, -0.2) is 31.7 Å². The van der Waals surface area contributed by atoms with Crippen molar-refractivity contribution in [1.82, 2.24) is 25.1 Å². The molecule has 2 aromatic rings. The van der Waals surface area contributed by atoms with Gasteiger partial charge in [-0.2, -0.15) is 0 Å². The smallest absolute Gasteiger partial charge is 0.252 e. The maximum atomic E-state index is 12.1. The quantitative estimate of drug-likeness (QED) is 0.836. The molecule has 1 aliphatic heterocycles. The SMILES string of the molecule is Cc1nnc2n1CCC(NC(=O)c1ccc(=O)[nH]c1)CC2. The van der Waals surface area contributed by atoms with Gasteiger partial charge in [-0.25, -0.2) is 0 Å². The first-order valence-electron chi connectivity index (χ1n) is 7.02. The lowest BCUT2D eigenvalue weighted by atomic mass is 10.1. The molecule has 0 spiro atoms. The van der Waals surface area contributed by atoms with Crippen molar-refractivity contribution in [3.63, 3.8) is 0 Å². The number of aryl methyl sites for hydroxylation is 2. The highest BCUT2D eigenvalue weighted by Crippen LogP contribution is 2.15. The van der Waals surface area contributed by atoms with Crippen LogP contribution in [0, 0.1) is 6.92 Å². The zero-order valence-corrected chi connectivity index (χ0v) is 11.8. The largest absolute Gasteiger partial charge is 0.349 e. The van der Waals surface area contributed by atoms with E-state index in [9.17, 15) is 9.59 Å². The van der Waals surface area contributed by atoms with Gasteiger partial charge in [-0.1, -0.05) is 0 Å². The summed E-state index contributed by atoms with van der Waals surface area (Å²) in [6.07, 6.45) is 3.93. The Kier molecular flexibility index (Phi) is 3.55. The molecule has 0 fully saturated rings. The minimum absolute atomic E-state index is 0.102. The first kappa shape index (κ1) is 13.5. The van der Waals surface area contributed by atoms with Crippen molar-refractivity contribution in [2.24, 2.45) is 0 Å². The third kappa shape index (κ3) is 2.86. The van der Waals surface area contributed by atoms with E-state index in [1.807, 2.05) is 6.92 Å². The Balaban J connectivity index is 1.65. The van der Waals surface area contributed by atoms with Gasteiger partial charge in [-0.05, 0) is 25.8 Å². The van der Waals surface area contributed by atoms with E-state index >= 15 is 0 Å². The first-order valence-corrected chi connectivity index (χ1v) is 7.02. The summed E-state index contributed by atoms with van der Waals surface area (Å²) < 4.78 is 2.10. The third-order valence-corrected chi connectivity index (χ3v) is 3.81. The highest BCUT2D eigenvalue weighted by molar-refractivity contribution is 5.93. The van der Waals surface area contributed by atoms with Crippen LogP contribution in [0.15, 0.2) is 23.1 Å². The molecule has 3 rings (SSSR count). The molecular weight excluding hydrogens is 270 g/mol. The average molecular weight is 287 g/mol. The minimum Gasteiger partial charge on any atom is -0.349 e. The minimum atomic E-state index is -0.214. The van der Waals surface area contributed by atoms with Crippen LogP contribution in [0.3, 0.4) is 0 Å². The lowest BCUT2D eigenvalue weighted by Gasteiger charge is -2.16. The van der Waals surface area contributed by atoms with Gasteiger partial charge in [0.2, 0.25) is 5.56 Å². The number of amides is 1. The molecule has 2 aromatic heterocycles. The normalized spacial score (nSPS) is 17.9. The van der Waals surface area contributed by atoms with Gasteiger partial charge >= 0.3 is 0 Å². The number of hydrogen-bond donors (Lipinski definition) is 2. The van der Waals surface area contributed by atoms with E-state index in [1.165, 1.54) is 18.3 Å². The Hall–Kier alpha value is -2.44. The molecule has 0 aliphatic carbocycles. The molecule has 0 saturated heterocycles. The Labute approximate surface area is 121 Å². The van der Waals surface area contributed by atoms with E-state index in [0.29, 0.717) is 5.56 Å². The molecule has 1 unspecified atom stereocenters. The maximum absolute atomic E-state index is 12.1. The highest BCUT2D eigenvalue weighted by Gasteiger charge is 2.20. The second-order valence-electron chi connectivity index (χ2n) is 5.25. The van der Waals surface area contributed by atoms with Crippen molar-refractivity contribution in [2.45, 2.75) is 38.8 Å². The molecule has 1 amide bonds. The summed E-state index contributed by atoms with van der Waals surface area (Å²) in [6.45, 7) is 2.75. The predicted molar refractivity (Wildman–Crippen MR) is 76.0 cm³/mol. The highest BCUT2D eigenvalue weighted by atomic mass is 16.2. The van der Waals surface area contributed by atoms with Crippen LogP contribution in [0.4, 0.5) is 0 Å². The predicted octanol–water partition coefficient (Wildman–Crippen LogP) is 0.410. The fraction of sp³-hybridized carbons (Fsp3) is 0.429. The molecule has 2 N–H and O–H groups in total. The van der Waals surface area contributed by atoms with Gasteiger partial charge in [-0.15, -0.1) is 10.2 Å². The number of hydrogen-bond acceptors (Lipinski definition) is 4. The van der Waals surface area contributed by atoms with E-state index in [-0.39, 0.29) is 17.5 Å². The summed E-state index contributed by atoms with van der Waals surface area (Å²) in [7, 11) is 0. The van der Waals surface area contributed by atoms with Gasteiger partial charge in [-0.3, -0.25) is 9.59 Å². The number of aromatic nitrogens is 4. The summed E-state index contributed by atoms with van der Waals surface area (Å²) >= 11 is 0. The van der Waals surface area contributed by atoms with E-state index in [4.69, 9.17) is 0 Å². The summed E-state index contributed by atoms with van der Waals surface area (Å²) in [4.78, 5) is 25.7. The Morgan fingerprint density at radius 3 is 3.00 bits per heavy atom. The Morgan fingerprint density at radius 2 is 2.24 bits per heavy atom. The van der Waals surface area contributed by atoms with Crippen LogP contribution < -0.4 is 10.9 Å². The van der Waals surface area contributed by atoms with Crippen molar-refractivity contribution in [3.05, 3.63) is 45.9 Å². The lowest BCUT2D eigenvalue weighted by molar-refractivity contribution is 0.0932. The Morgan fingerprint density at radius 1 is 1.38 bits per heavy atom. The number of fused-ring (bicyclic) bond motifs is 1. The maximum Gasteiger partial charge on any atom is 0.252 e. The molecule has 0 saturated carbocycles. The fourth-order valence-corrected chi connectivity index (χ4v) is 2.60. The van der Waals surface area contributed by atoms with Crippen LogP contribution in [0.5, 0.6) is 0 Å². The molecule has 7 heteroatoms. The molecule has 1 aliphatic rings. The van der Waals surface area contributed by atoms with Gasteiger partial charge in [0, 0.05) is 31.3 Å². The van der Waals surface area contributed by atoms with Gasteiger partial charge < -0.3 is 14.9 Å². The molecule has 110 valence electrons. The van der Waals surface area contributed by atoms with Gasteiger partial charge in [0.05, 0.1) is 5.56 Å². The van der Waals surface area contributed by atoms with Crippen LogP contribution in [0.25, 0.3) is 0 Å². The second kappa shape index (κ2) is 5.51. The molecule has 3 heterocycles. The second-order valence-corrected chi connectivity index (χ2v) is 5.25. The number of H-pyrrole nitrogens is 1. The molecular formula is C14H17N5O2. The monoisotopic (exact) mass is 287 g/mol. The topological polar surface area (TPSA) is 92.7 Å². The van der Waals surface area contributed by atoms with Gasteiger partial charge in [0.15, 0.2) is 0 Å². The van der Waals surface area contributed by atoms with Crippen molar-refractivity contribution in [2.75, 3.05) is 0 Å². The molecule has 0 aromatic carbocycles. The number of pyridine rings is 1. The van der Waals surface area contributed by atoms with Crippen LogP contribution >= 0.6 is 0 Å². The number of rotatable bonds is 2. The molecule has 21 heavy (non-hydrogen) atoms. The van der Waals surface area contributed by atoms with E-state index in [2.05, 4.69) is 25.1 Å². The summed E-state index contributed by atoms with van der Waals surface area (Å²) in [5.74, 6) is 1.73. The standard InChI is InChI=1S/C14H17N5O2/c1-9-17-18-12-4-3-11(6-7-19(9)12)16-14(21)10-2-5-13(20)15-8-10/h2,5,8,11H,3-4,6-7H2,1H3,(H,15,20)(H,16,21). The number of carbonyl (C=O) groups excluding carboxylic acids is 1. The summed E-state index contributed by atoms with van der Waals surface area (Å²) in [5.41, 5.74) is 0.254. The fourth-order valence-electron chi connectivity index (χ4n) is 2.60. The van der Waals surface area contributed by atoms with Crippen molar-refractivity contribution < 1.29 is 4.79 Å². The number of nitrogens with zero attached hydrogens (tertiary/aromatic N) is 3.